The van der Waals surface area contributed by atoms with E-state index in [1.165, 1.54) is 0 Å². The smallest absolute Gasteiger partial charge is 0.320 e. The van der Waals surface area contributed by atoms with E-state index in [-0.39, 0.29) is 30.7 Å². The van der Waals surface area contributed by atoms with Crippen LogP contribution in [0.4, 0.5) is 0 Å². The molecule has 186 valence electrons. The van der Waals surface area contributed by atoms with Crippen molar-refractivity contribution in [2.45, 2.75) is 46.3 Å². The molecule has 0 aliphatic carbocycles. The van der Waals surface area contributed by atoms with Gasteiger partial charge in [-0.3, -0.25) is 4.79 Å². The van der Waals surface area contributed by atoms with Crippen molar-refractivity contribution in [1.82, 2.24) is 9.97 Å². The molecular formula is C31H29N3O3. The maximum absolute atomic E-state index is 13.9. The third-order valence-corrected chi connectivity index (χ3v) is 5.72. The molecule has 6 nitrogen and oxygen atoms in total. The zero-order valence-electron chi connectivity index (χ0n) is 21.5. The monoisotopic (exact) mass is 491 g/mol. The molecule has 3 aromatic carbocycles. The summed E-state index contributed by atoms with van der Waals surface area (Å²) in [6, 6.07) is 26.7. The van der Waals surface area contributed by atoms with E-state index in [4.69, 9.17) is 9.47 Å². The molecule has 4 rings (SSSR count). The summed E-state index contributed by atoms with van der Waals surface area (Å²) in [5.74, 6) is -0.0208. The highest BCUT2D eigenvalue weighted by molar-refractivity contribution is 6.09. The number of rotatable bonds is 8. The number of carbonyl (C=O) groups excluding carboxylic acids is 1. The highest BCUT2D eigenvalue weighted by atomic mass is 16.5. The van der Waals surface area contributed by atoms with Crippen LogP contribution < -0.4 is 9.47 Å². The summed E-state index contributed by atoms with van der Waals surface area (Å²) in [5.41, 5.74) is 3.79. The van der Waals surface area contributed by atoms with Crippen molar-refractivity contribution in [3.8, 4) is 18.0 Å². The van der Waals surface area contributed by atoms with Crippen molar-refractivity contribution < 1.29 is 14.3 Å². The number of nitrogens with zero attached hydrogens (tertiary/aromatic N) is 3. The van der Waals surface area contributed by atoms with Gasteiger partial charge in [0.05, 0.1) is 11.6 Å². The first kappa shape index (κ1) is 25.6. The molecule has 0 N–H and O–H groups in total. The lowest BCUT2D eigenvalue weighted by Crippen LogP contribution is -2.22. The van der Waals surface area contributed by atoms with Gasteiger partial charge >= 0.3 is 6.01 Å². The average Bonchev–Trinajstić information content (AvgIpc) is 2.90. The van der Waals surface area contributed by atoms with Gasteiger partial charge in [-0.15, -0.1) is 0 Å². The minimum Gasteiger partial charge on any atom is -0.472 e. The SMILES string of the molecule is Cc1cc(C#N)cc(C(=O)c2nc(OCc3ccccc3)nc(OCc3ccccc3)c2C(C)(C)C)c1. The van der Waals surface area contributed by atoms with Gasteiger partial charge in [-0.05, 0) is 47.2 Å². The molecule has 4 aromatic rings. The van der Waals surface area contributed by atoms with E-state index >= 15 is 0 Å². The molecule has 0 aliphatic heterocycles. The van der Waals surface area contributed by atoms with Crippen LogP contribution in [-0.2, 0) is 18.6 Å². The average molecular weight is 492 g/mol. The Bertz CT molecular complexity index is 1440. The first-order chi connectivity index (χ1) is 17.7. The van der Waals surface area contributed by atoms with Gasteiger partial charge in [0.15, 0.2) is 0 Å². The number of ether oxygens (including phenoxy) is 2. The first-order valence-electron chi connectivity index (χ1n) is 12.1. The van der Waals surface area contributed by atoms with Gasteiger partial charge in [0.2, 0.25) is 11.7 Å². The molecule has 0 atom stereocenters. The first-order valence-corrected chi connectivity index (χ1v) is 12.1. The largest absolute Gasteiger partial charge is 0.472 e. The summed E-state index contributed by atoms with van der Waals surface area (Å²) in [5, 5.41) is 9.44. The van der Waals surface area contributed by atoms with Crippen LogP contribution in [-0.4, -0.2) is 15.8 Å². The summed E-state index contributed by atoms with van der Waals surface area (Å²) in [4.78, 5) is 23.1. The number of nitriles is 1. The molecule has 0 aliphatic rings. The standard InChI is InChI=1S/C31H29N3O3/c1-21-15-24(18-32)17-25(16-21)28(35)27-26(31(2,3)4)29(36-19-22-11-7-5-8-12-22)34-30(33-27)37-20-23-13-9-6-10-14-23/h5-17H,19-20H2,1-4H3. The van der Waals surface area contributed by atoms with E-state index in [0.29, 0.717) is 22.6 Å². The number of hydrogen-bond acceptors (Lipinski definition) is 6. The Morgan fingerprint density at radius 2 is 1.46 bits per heavy atom. The number of aryl methyl sites for hydroxylation is 1. The van der Waals surface area contributed by atoms with Crippen LogP contribution in [0.1, 0.15) is 64.6 Å². The predicted molar refractivity (Wildman–Crippen MR) is 142 cm³/mol. The summed E-state index contributed by atoms with van der Waals surface area (Å²) >= 11 is 0. The van der Waals surface area contributed by atoms with Crippen molar-refractivity contribution in [2.75, 3.05) is 0 Å². The van der Waals surface area contributed by atoms with Crippen LogP contribution in [0.5, 0.6) is 11.9 Å². The summed E-state index contributed by atoms with van der Waals surface area (Å²) in [7, 11) is 0. The van der Waals surface area contributed by atoms with Gasteiger partial charge in [0, 0.05) is 11.1 Å². The molecule has 1 heterocycles. The zero-order valence-corrected chi connectivity index (χ0v) is 21.5. The lowest BCUT2D eigenvalue weighted by molar-refractivity contribution is 0.102. The summed E-state index contributed by atoms with van der Waals surface area (Å²) in [6.45, 7) is 8.32. The Balaban J connectivity index is 1.81. The quantitative estimate of drug-likeness (QED) is 0.267. The van der Waals surface area contributed by atoms with Crippen LogP contribution >= 0.6 is 0 Å². The van der Waals surface area contributed by atoms with Crippen molar-refractivity contribution in [2.24, 2.45) is 0 Å². The Morgan fingerprint density at radius 1 is 0.865 bits per heavy atom. The minimum atomic E-state index is -0.517. The normalized spacial score (nSPS) is 11.0. The van der Waals surface area contributed by atoms with E-state index in [1.807, 2.05) is 88.4 Å². The second-order valence-corrected chi connectivity index (χ2v) is 9.86. The Hall–Kier alpha value is -4.50. The lowest BCUT2D eigenvalue weighted by Gasteiger charge is -2.25. The van der Waals surface area contributed by atoms with Crippen LogP contribution in [0.15, 0.2) is 78.9 Å². The van der Waals surface area contributed by atoms with Crippen molar-refractivity contribution >= 4 is 5.78 Å². The molecule has 0 saturated heterocycles. The Morgan fingerprint density at radius 3 is 2.03 bits per heavy atom. The molecule has 0 unspecified atom stereocenters. The van der Waals surface area contributed by atoms with E-state index in [1.54, 1.807) is 18.2 Å². The molecule has 0 fully saturated rings. The van der Waals surface area contributed by atoms with Crippen LogP contribution in [0.3, 0.4) is 0 Å². The molecule has 1 aromatic heterocycles. The third-order valence-electron chi connectivity index (χ3n) is 5.72. The topological polar surface area (TPSA) is 85.1 Å². The number of carbonyl (C=O) groups is 1. The maximum Gasteiger partial charge on any atom is 0.320 e. The second kappa shape index (κ2) is 11.0. The fourth-order valence-corrected chi connectivity index (χ4v) is 3.99. The molecule has 6 heteroatoms. The molecule has 0 radical (unpaired) electrons. The Labute approximate surface area is 217 Å². The molecular weight excluding hydrogens is 462 g/mol. The maximum atomic E-state index is 13.9. The van der Waals surface area contributed by atoms with E-state index in [2.05, 4.69) is 16.0 Å². The van der Waals surface area contributed by atoms with Gasteiger partial charge in [-0.1, -0.05) is 81.4 Å². The zero-order chi connectivity index (χ0) is 26.4. The number of ketones is 1. The van der Waals surface area contributed by atoms with Crippen molar-refractivity contribution in [3.63, 3.8) is 0 Å². The predicted octanol–water partition coefficient (Wildman–Crippen LogP) is 6.34. The molecule has 37 heavy (non-hydrogen) atoms. The van der Waals surface area contributed by atoms with E-state index in [0.717, 1.165) is 16.7 Å². The molecule has 0 spiro atoms. The third kappa shape index (κ3) is 6.39. The second-order valence-electron chi connectivity index (χ2n) is 9.86. The van der Waals surface area contributed by atoms with Gasteiger partial charge in [0.1, 0.15) is 18.9 Å². The number of benzene rings is 3. The fourth-order valence-electron chi connectivity index (χ4n) is 3.99. The van der Waals surface area contributed by atoms with Gasteiger partial charge in [-0.25, -0.2) is 0 Å². The highest BCUT2D eigenvalue weighted by Crippen LogP contribution is 2.35. The van der Waals surface area contributed by atoms with Crippen molar-refractivity contribution in [3.05, 3.63) is 118 Å². The van der Waals surface area contributed by atoms with Gasteiger partial charge in [-0.2, -0.15) is 15.2 Å². The molecule has 0 saturated carbocycles. The molecule has 0 bridgehead atoms. The van der Waals surface area contributed by atoms with Crippen molar-refractivity contribution in [1.29, 1.82) is 5.26 Å². The van der Waals surface area contributed by atoms with Gasteiger partial charge in [0.25, 0.3) is 0 Å². The van der Waals surface area contributed by atoms with E-state index in [9.17, 15) is 10.1 Å². The van der Waals surface area contributed by atoms with Crippen LogP contribution in [0.25, 0.3) is 0 Å². The molecule has 0 amide bonds. The number of hydrogen-bond donors (Lipinski definition) is 0. The van der Waals surface area contributed by atoms with Gasteiger partial charge < -0.3 is 9.47 Å². The Kier molecular flexibility index (Phi) is 7.64. The minimum absolute atomic E-state index is 0.0522. The fraction of sp³-hybridized carbons (Fsp3) is 0.226. The lowest BCUT2D eigenvalue weighted by atomic mass is 9.84. The van der Waals surface area contributed by atoms with E-state index < -0.39 is 5.41 Å². The summed E-state index contributed by atoms with van der Waals surface area (Å²) in [6.07, 6.45) is 0. The summed E-state index contributed by atoms with van der Waals surface area (Å²) < 4.78 is 12.1. The highest BCUT2D eigenvalue weighted by Gasteiger charge is 2.31. The number of aromatic nitrogens is 2. The van der Waals surface area contributed by atoms with Crippen LogP contribution in [0, 0.1) is 18.3 Å². The van der Waals surface area contributed by atoms with Crippen LogP contribution in [0.2, 0.25) is 0 Å².